The molecule has 2 aromatic carbocycles. The van der Waals surface area contributed by atoms with Gasteiger partial charge < -0.3 is 15.1 Å². The normalized spacial score (nSPS) is 17.3. The fourth-order valence-corrected chi connectivity index (χ4v) is 4.11. The van der Waals surface area contributed by atoms with Gasteiger partial charge in [0.25, 0.3) is 0 Å². The van der Waals surface area contributed by atoms with Gasteiger partial charge in [-0.3, -0.25) is 4.99 Å². The van der Waals surface area contributed by atoms with Crippen LogP contribution in [0.2, 0.25) is 0 Å². The third kappa shape index (κ3) is 4.92. The Bertz CT molecular complexity index is 1070. The SMILES string of the molecule is C=C(NC(C#N)CC)c1cccc(C2=CC(c3ccc(N4CCN(C)CC4)cc3)=NC2)c1. The molecule has 5 nitrogen and oxygen atoms in total. The second kappa shape index (κ2) is 9.84. The minimum atomic E-state index is -0.222. The van der Waals surface area contributed by atoms with Gasteiger partial charge in [0.05, 0.1) is 18.3 Å². The fourth-order valence-electron chi connectivity index (χ4n) is 4.11. The molecule has 32 heavy (non-hydrogen) atoms. The number of aliphatic imine (C=N–C) groups is 1. The lowest BCUT2D eigenvalue weighted by Crippen LogP contribution is -2.44. The molecule has 2 heterocycles. The Morgan fingerprint density at radius 3 is 2.56 bits per heavy atom. The molecule has 0 saturated carbocycles. The minimum absolute atomic E-state index is 0.222. The van der Waals surface area contributed by atoms with Crippen LogP contribution < -0.4 is 10.2 Å². The Labute approximate surface area is 191 Å². The molecule has 2 aromatic rings. The molecule has 164 valence electrons. The molecule has 0 aliphatic carbocycles. The number of likely N-dealkylation sites (N-methyl/N-ethyl adjacent to an activating group) is 1. The van der Waals surface area contributed by atoms with Crippen LogP contribution in [0.25, 0.3) is 11.3 Å². The number of allylic oxidation sites excluding steroid dienone is 1. The lowest BCUT2D eigenvalue weighted by atomic mass is 10.0. The van der Waals surface area contributed by atoms with Crippen LogP contribution in [0, 0.1) is 11.3 Å². The molecular formula is C27H31N5. The van der Waals surface area contributed by atoms with Gasteiger partial charge in [-0.25, -0.2) is 0 Å². The van der Waals surface area contributed by atoms with Crippen LogP contribution in [0.15, 0.2) is 66.2 Å². The molecule has 0 radical (unpaired) electrons. The van der Waals surface area contributed by atoms with Crippen molar-refractivity contribution in [3.63, 3.8) is 0 Å². The summed E-state index contributed by atoms with van der Waals surface area (Å²) in [5.41, 5.74) is 7.59. The maximum Gasteiger partial charge on any atom is 0.114 e. The molecule has 0 amide bonds. The Hall–Kier alpha value is -3.36. The van der Waals surface area contributed by atoms with Crippen LogP contribution in [0.4, 0.5) is 5.69 Å². The molecule has 1 unspecified atom stereocenters. The number of anilines is 1. The molecule has 5 heteroatoms. The summed E-state index contributed by atoms with van der Waals surface area (Å²) in [4.78, 5) is 9.61. The zero-order chi connectivity index (χ0) is 22.5. The highest BCUT2D eigenvalue weighted by Gasteiger charge is 2.16. The van der Waals surface area contributed by atoms with E-state index in [-0.39, 0.29) is 6.04 Å². The van der Waals surface area contributed by atoms with E-state index >= 15 is 0 Å². The zero-order valence-corrected chi connectivity index (χ0v) is 19.0. The van der Waals surface area contributed by atoms with E-state index in [2.05, 4.69) is 77.3 Å². The second-order valence-corrected chi connectivity index (χ2v) is 8.50. The highest BCUT2D eigenvalue weighted by Crippen LogP contribution is 2.25. The monoisotopic (exact) mass is 425 g/mol. The van der Waals surface area contributed by atoms with E-state index in [1.807, 2.05) is 19.1 Å². The number of nitriles is 1. The number of rotatable bonds is 7. The fraction of sp³-hybridized carbons (Fsp3) is 0.333. The molecule has 0 aromatic heterocycles. The van der Waals surface area contributed by atoms with Crippen LogP contribution in [-0.4, -0.2) is 56.4 Å². The first-order valence-electron chi connectivity index (χ1n) is 11.3. The van der Waals surface area contributed by atoms with Crippen molar-refractivity contribution < 1.29 is 0 Å². The average Bonchev–Trinajstić information content (AvgIpc) is 3.33. The summed E-state index contributed by atoms with van der Waals surface area (Å²) in [5, 5.41) is 12.4. The standard InChI is InChI=1S/C27H31N5/c1-4-25(18-28)30-20(2)22-6-5-7-23(16-22)24-17-27(29-19-24)21-8-10-26(11-9-21)32-14-12-31(3)13-15-32/h5-11,16-17,25,30H,2,4,12-15,19H2,1,3H3. The van der Waals surface area contributed by atoms with Gasteiger partial charge in [-0.2, -0.15) is 5.26 Å². The lowest BCUT2D eigenvalue weighted by Gasteiger charge is -2.34. The molecule has 2 aliphatic rings. The number of hydrogen-bond donors (Lipinski definition) is 1. The van der Waals surface area contributed by atoms with E-state index in [1.165, 1.54) is 11.3 Å². The summed E-state index contributed by atoms with van der Waals surface area (Å²) in [6.45, 7) is 11.2. The third-order valence-electron chi connectivity index (χ3n) is 6.26. The molecule has 2 aliphatic heterocycles. The number of nitrogens with zero attached hydrogens (tertiary/aromatic N) is 4. The Kier molecular flexibility index (Phi) is 6.72. The lowest BCUT2D eigenvalue weighted by molar-refractivity contribution is 0.313. The van der Waals surface area contributed by atoms with Crippen molar-refractivity contribution in [3.05, 3.63) is 77.9 Å². The summed E-state index contributed by atoms with van der Waals surface area (Å²) in [7, 11) is 2.18. The van der Waals surface area contributed by atoms with Gasteiger partial charge in [-0.1, -0.05) is 43.8 Å². The molecule has 1 fully saturated rings. The van der Waals surface area contributed by atoms with Crippen LogP contribution >= 0.6 is 0 Å². The Morgan fingerprint density at radius 2 is 1.88 bits per heavy atom. The van der Waals surface area contributed by atoms with Crippen molar-refractivity contribution in [2.45, 2.75) is 19.4 Å². The minimum Gasteiger partial charge on any atom is -0.370 e. The quantitative estimate of drug-likeness (QED) is 0.723. The van der Waals surface area contributed by atoms with Crippen LogP contribution in [0.5, 0.6) is 0 Å². The van der Waals surface area contributed by atoms with Gasteiger partial charge in [0, 0.05) is 37.6 Å². The number of benzene rings is 2. The van der Waals surface area contributed by atoms with E-state index in [4.69, 9.17) is 4.99 Å². The second-order valence-electron chi connectivity index (χ2n) is 8.50. The molecule has 4 rings (SSSR count). The molecular weight excluding hydrogens is 394 g/mol. The van der Waals surface area contributed by atoms with E-state index in [0.717, 1.165) is 60.7 Å². The van der Waals surface area contributed by atoms with E-state index < -0.39 is 0 Å². The zero-order valence-electron chi connectivity index (χ0n) is 19.0. The predicted octanol–water partition coefficient (Wildman–Crippen LogP) is 4.19. The van der Waals surface area contributed by atoms with Crippen molar-refractivity contribution >= 4 is 22.7 Å². The number of hydrogen-bond acceptors (Lipinski definition) is 5. The predicted molar refractivity (Wildman–Crippen MR) is 134 cm³/mol. The van der Waals surface area contributed by atoms with E-state index in [1.54, 1.807) is 0 Å². The molecule has 1 N–H and O–H groups in total. The number of nitrogens with one attached hydrogen (secondary N) is 1. The summed E-state index contributed by atoms with van der Waals surface area (Å²) >= 11 is 0. The van der Waals surface area contributed by atoms with Crippen molar-refractivity contribution in [2.75, 3.05) is 44.7 Å². The summed E-state index contributed by atoms with van der Waals surface area (Å²) in [6, 6.07) is 19.1. The van der Waals surface area contributed by atoms with Gasteiger partial charge in [0.15, 0.2) is 0 Å². The molecule has 0 spiro atoms. The smallest absolute Gasteiger partial charge is 0.114 e. The summed E-state index contributed by atoms with van der Waals surface area (Å²) in [6.07, 6.45) is 2.93. The third-order valence-corrected chi connectivity index (χ3v) is 6.26. The highest BCUT2D eigenvalue weighted by molar-refractivity contribution is 6.15. The van der Waals surface area contributed by atoms with Crippen LogP contribution in [-0.2, 0) is 0 Å². The Morgan fingerprint density at radius 1 is 1.12 bits per heavy atom. The summed E-state index contributed by atoms with van der Waals surface area (Å²) < 4.78 is 0. The van der Waals surface area contributed by atoms with Gasteiger partial charge in [0.1, 0.15) is 6.04 Å². The molecule has 0 bridgehead atoms. The van der Waals surface area contributed by atoms with Gasteiger partial charge >= 0.3 is 0 Å². The summed E-state index contributed by atoms with van der Waals surface area (Å²) in [5.74, 6) is 0. The van der Waals surface area contributed by atoms with Crippen molar-refractivity contribution in [2.24, 2.45) is 4.99 Å². The van der Waals surface area contributed by atoms with E-state index in [9.17, 15) is 5.26 Å². The average molecular weight is 426 g/mol. The highest BCUT2D eigenvalue weighted by atomic mass is 15.2. The van der Waals surface area contributed by atoms with Crippen molar-refractivity contribution in [1.82, 2.24) is 10.2 Å². The topological polar surface area (TPSA) is 54.7 Å². The van der Waals surface area contributed by atoms with Crippen LogP contribution in [0.3, 0.4) is 0 Å². The first kappa shape index (κ1) is 21.9. The van der Waals surface area contributed by atoms with Gasteiger partial charge in [-0.15, -0.1) is 0 Å². The first-order valence-corrected chi connectivity index (χ1v) is 11.3. The van der Waals surface area contributed by atoms with Gasteiger partial charge in [-0.05, 0) is 60.0 Å². The molecule has 1 saturated heterocycles. The van der Waals surface area contributed by atoms with Crippen molar-refractivity contribution in [3.8, 4) is 6.07 Å². The first-order chi connectivity index (χ1) is 15.6. The largest absolute Gasteiger partial charge is 0.370 e. The molecule has 1 atom stereocenters. The Balaban J connectivity index is 1.45. The van der Waals surface area contributed by atoms with E-state index in [0.29, 0.717) is 6.54 Å². The number of piperazine rings is 1. The maximum absolute atomic E-state index is 9.21. The van der Waals surface area contributed by atoms with Gasteiger partial charge in [0.2, 0.25) is 0 Å². The maximum atomic E-state index is 9.21. The van der Waals surface area contributed by atoms with Crippen molar-refractivity contribution in [1.29, 1.82) is 5.26 Å². The van der Waals surface area contributed by atoms with Crippen LogP contribution in [0.1, 0.15) is 30.0 Å².